The van der Waals surface area contributed by atoms with E-state index >= 15 is 0 Å². The number of hydrogen-bond donors (Lipinski definition) is 0. The summed E-state index contributed by atoms with van der Waals surface area (Å²) in [6, 6.07) is 5.12. The van der Waals surface area contributed by atoms with Crippen molar-refractivity contribution in [2.45, 2.75) is 0 Å². The minimum absolute atomic E-state index is 0.0261. The Labute approximate surface area is 126 Å². The minimum Gasteiger partial charge on any atom is -0.496 e. The molecule has 0 fully saturated rings. The number of benzene rings is 1. The average Bonchev–Trinajstić information content (AvgIpc) is 2.33. The number of sulfone groups is 1. The van der Waals surface area contributed by atoms with Gasteiger partial charge in [-0.2, -0.15) is 11.8 Å². The molecule has 0 aliphatic rings. The summed E-state index contributed by atoms with van der Waals surface area (Å²) in [6.45, 7) is 0. The van der Waals surface area contributed by atoms with E-state index in [-0.39, 0.29) is 17.3 Å². The molecular weight excluding hydrogens is 352 g/mol. The Morgan fingerprint density at radius 2 is 2.11 bits per heavy atom. The van der Waals surface area contributed by atoms with Crippen molar-refractivity contribution >= 4 is 43.3 Å². The van der Waals surface area contributed by atoms with Gasteiger partial charge in [0.1, 0.15) is 15.6 Å². The third kappa shape index (κ3) is 5.97. The van der Waals surface area contributed by atoms with Gasteiger partial charge in [-0.3, -0.25) is 4.79 Å². The van der Waals surface area contributed by atoms with E-state index in [0.29, 0.717) is 17.1 Å². The Morgan fingerprint density at radius 3 is 2.63 bits per heavy atom. The van der Waals surface area contributed by atoms with E-state index in [0.717, 1.165) is 4.47 Å². The maximum absolute atomic E-state index is 11.9. The van der Waals surface area contributed by atoms with Gasteiger partial charge in [0.25, 0.3) is 0 Å². The summed E-state index contributed by atoms with van der Waals surface area (Å²) < 4.78 is 27.7. The molecule has 106 valence electrons. The van der Waals surface area contributed by atoms with Crippen molar-refractivity contribution in [1.82, 2.24) is 0 Å². The number of halogens is 1. The van der Waals surface area contributed by atoms with Crippen LogP contribution in [0.15, 0.2) is 22.7 Å². The van der Waals surface area contributed by atoms with E-state index in [1.807, 2.05) is 0 Å². The molecule has 0 aliphatic heterocycles. The number of methoxy groups -OCH3 is 1. The van der Waals surface area contributed by atoms with E-state index in [2.05, 4.69) is 15.9 Å². The smallest absolute Gasteiger partial charge is 0.172 e. The fraction of sp³-hybridized carbons (Fsp3) is 0.417. The van der Waals surface area contributed by atoms with Gasteiger partial charge >= 0.3 is 0 Å². The first kappa shape index (κ1) is 16.5. The number of Topliss-reactive ketones (excluding diaryl/α,β-unsaturated/α-hetero) is 1. The maximum Gasteiger partial charge on any atom is 0.172 e. The molecule has 0 aliphatic carbocycles. The monoisotopic (exact) mass is 366 g/mol. The molecule has 0 heterocycles. The van der Waals surface area contributed by atoms with E-state index in [1.165, 1.54) is 18.0 Å². The Morgan fingerprint density at radius 1 is 1.42 bits per heavy atom. The number of hydrogen-bond acceptors (Lipinski definition) is 5. The molecular formula is C12H15BrO4S2. The number of carbonyl (C=O) groups is 1. The van der Waals surface area contributed by atoms with Gasteiger partial charge in [0.05, 0.1) is 23.1 Å². The summed E-state index contributed by atoms with van der Waals surface area (Å²) in [5.74, 6) is 1.44. The van der Waals surface area contributed by atoms with Crippen molar-refractivity contribution in [1.29, 1.82) is 0 Å². The first-order chi connectivity index (χ1) is 8.83. The molecule has 1 rings (SSSR count). The molecule has 0 N–H and O–H groups in total. The van der Waals surface area contributed by atoms with Crippen LogP contribution in [0.4, 0.5) is 0 Å². The molecule has 1 aromatic rings. The molecule has 0 radical (unpaired) electrons. The Bertz CT molecular complexity index is 555. The van der Waals surface area contributed by atoms with Gasteiger partial charge in [0.2, 0.25) is 0 Å². The number of thioether (sulfide) groups is 1. The highest BCUT2D eigenvalue weighted by Crippen LogP contribution is 2.26. The lowest BCUT2D eigenvalue weighted by atomic mass is 10.1. The largest absolute Gasteiger partial charge is 0.496 e. The van der Waals surface area contributed by atoms with Crippen LogP contribution in [0.2, 0.25) is 0 Å². The fourth-order valence-electron chi connectivity index (χ4n) is 1.30. The lowest BCUT2D eigenvalue weighted by molar-refractivity contribution is 0.102. The molecule has 0 bridgehead atoms. The normalized spacial score (nSPS) is 11.3. The minimum atomic E-state index is -2.96. The van der Waals surface area contributed by atoms with Gasteiger partial charge < -0.3 is 4.74 Å². The lowest BCUT2D eigenvalue weighted by Crippen LogP contribution is -2.08. The van der Waals surface area contributed by atoms with E-state index < -0.39 is 9.84 Å². The van der Waals surface area contributed by atoms with Crippen molar-refractivity contribution in [2.24, 2.45) is 0 Å². The fourth-order valence-corrected chi connectivity index (χ4v) is 4.02. The van der Waals surface area contributed by atoms with Crippen LogP contribution in [0.1, 0.15) is 10.4 Å². The average molecular weight is 367 g/mol. The van der Waals surface area contributed by atoms with Gasteiger partial charge in [-0.05, 0) is 34.1 Å². The third-order valence-corrected chi connectivity index (χ3v) is 5.09. The number of ketones is 1. The van der Waals surface area contributed by atoms with Crippen LogP contribution < -0.4 is 4.74 Å². The molecule has 0 amide bonds. The van der Waals surface area contributed by atoms with Crippen molar-refractivity contribution in [2.75, 3.05) is 30.6 Å². The molecule has 0 aromatic heterocycles. The zero-order valence-corrected chi connectivity index (χ0v) is 13.9. The van der Waals surface area contributed by atoms with Crippen LogP contribution in [0.25, 0.3) is 0 Å². The Kier molecular flexibility index (Phi) is 6.35. The summed E-state index contributed by atoms with van der Waals surface area (Å²) in [6.07, 6.45) is 1.19. The standard InChI is InChI=1S/C12H15BrO4S2/c1-17-12-4-3-9(7-10(12)13)11(14)8-18-5-6-19(2,15)16/h3-4,7H,5-6,8H2,1-2H3. The Balaban J connectivity index is 2.52. The molecule has 19 heavy (non-hydrogen) atoms. The molecule has 0 atom stereocenters. The second-order valence-electron chi connectivity index (χ2n) is 3.95. The first-order valence-electron chi connectivity index (χ1n) is 5.45. The van der Waals surface area contributed by atoms with Crippen LogP contribution in [-0.4, -0.2) is 44.8 Å². The van der Waals surface area contributed by atoms with Crippen LogP contribution >= 0.6 is 27.7 Å². The van der Waals surface area contributed by atoms with Crippen LogP contribution in [0, 0.1) is 0 Å². The lowest BCUT2D eigenvalue weighted by Gasteiger charge is -2.05. The second-order valence-corrected chi connectivity index (χ2v) is 8.17. The maximum atomic E-state index is 11.9. The molecule has 0 spiro atoms. The molecule has 7 heteroatoms. The molecule has 4 nitrogen and oxygen atoms in total. The van der Waals surface area contributed by atoms with Crippen molar-refractivity contribution in [3.63, 3.8) is 0 Å². The zero-order valence-electron chi connectivity index (χ0n) is 10.7. The molecule has 0 saturated carbocycles. The number of carbonyl (C=O) groups excluding carboxylic acids is 1. The van der Waals surface area contributed by atoms with Gasteiger partial charge in [0, 0.05) is 17.6 Å². The number of rotatable bonds is 7. The van der Waals surface area contributed by atoms with Crippen LogP contribution in [-0.2, 0) is 9.84 Å². The van der Waals surface area contributed by atoms with Gasteiger partial charge in [-0.1, -0.05) is 0 Å². The summed E-state index contributed by atoms with van der Waals surface area (Å²) in [4.78, 5) is 11.9. The highest BCUT2D eigenvalue weighted by Gasteiger charge is 2.10. The predicted molar refractivity (Wildman–Crippen MR) is 82.1 cm³/mol. The topological polar surface area (TPSA) is 60.4 Å². The van der Waals surface area contributed by atoms with E-state index in [9.17, 15) is 13.2 Å². The summed E-state index contributed by atoms with van der Waals surface area (Å²) in [5, 5.41) is 0. The van der Waals surface area contributed by atoms with Crippen LogP contribution in [0.3, 0.4) is 0 Å². The van der Waals surface area contributed by atoms with Gasteiger partial charge in [0.15, 0.2) is 5.78 Å². The zero-order chi connectivity index (χ0) is 14.5. The van der Waals surface area contributed by atoms with Gasteiger partial charge in [-0.25, -0.2) is 8.42 Å². The molecule has 1 aromatic carbocycles. The highest BCUT2D eigenvalue weighted by molar-refractivity contribution is 9.10. The first-order valence-corrected chi connectivity index (χ1v) is 9.46. The third-order valence-electron chi connectivity index (χ3n) is 2.31. The Hall–Kier alpha value is -0.530. The quantitative estimate of drug-likeness (QED) is 0.547. The van der Waals surface area contributed by atoms with Gasteiger partial charge in [-0.15, -0.1) is 0 Å². The number of ether oxygens (including phenoxy) is 1. The summed E-state index contributed by atoms with van der Waals surface area (Å²) in [5.41, 5.74) is 0.583. The van der Waals surface area contributed by atoms with Crippen LogP contribution in [0.5, 0.6) is 5.75 Å². The highest BCUT2D eigenvalue weighted by atomic mass is 79.9. The van der Waals surface area contributed by atoms with E-state index in [1.54, 1.807) is 25.3 Å². The second kappa shape index (κ2) is 7.31. The summed E-state index contributed by atoms with van der Waals surface area (Å²) in [7, 11) is -1.40. The van der Waals surface area contributed by atoms with E-state index in [4.69, 9.17) is 4.74 Å². The van der Waals surface area contributed by atoms with Crippen molar-refractivity contribution in [3.05, 3.63) is 28.2 Å². The molecule has 0 unspecified atom stereocenters. The summed E-state index contributed by atoms with van der Waals surface area (Å²) >= 11 is 4.64. The predicted octanol–water partition coefficient (Wildman–Crippen LogP) is 2.42. The van der Waals surface area contributed by atoms with Crippen molar-refractivity contribution < 1.29 is 17.9 Å². The molecule has 0 saturated heterocycles. The van der Waals surface area contributed by atoms with Crippen molar-refractivity contribution in [3.8, 4) is 5.75 Å². The SMILES string of the molecule is COc1ccc(C(=O)CSCCS(C)(=O)=O)cc1Br.